The number of aliphatic imine (C=N–C) groups is 1. The maximum absolute atomic E-state index is 14.4. The van der Waals surface area contributed by atoms with E-state index in [1.165, 1.54) is 26.8 Å². The van der Waals surface area contributed by atoms with Crippen molar-refractivity contribution in [3.63, 3.8) is 0 Å². The van der Waals surface area contributed by atoms with Gasteiger partial charge in [0.15, 0.2) is 5.96 Å². The average Bonchev–Trinajstić information content (AvgIpc) is 3.36. The Kier molecular flexibility index (Phi) is 24.7. The number of aryl methyl sites for hydroxylation is 1. The quantitative estimate of drug-likeness (QED) is 0.0366. The fraction of sp³-hybridized carbons (Fsp3) is 0.462. The van der Waals surface area contributed by atoms with E-state index in [0.717, 1.165) is 11.1 Å². The SMILES string of the molecule is C=C1NC(=O)CC[C@H](C(=O)O)NC(=O)[C@@H](C)[C@H](/C=C/C(C)=C/[C@H](C)[C@H](Cc2ccccc2)OC)NC(=O)[C@H](CCCN=C(N)N)NC(=O)[C@@H](C)[C@H](C(=O)O)NC(=O)[C@H](CCc2ccccc2)NC(=O)[C@@H](C)NC1=O. The van der Waals surface area contributed by atoms with Crippen molar-refractivity contribution in [2.24, 2.45) is 34.2 Å². The minimum atomic E-state index is -1.91. The zero-order valence-electron chi connectivity index (χ0n) is 42.7. The van der Waals surface area contributed by atoms with Gasteiger partial charge in [0.2, 0.25) is 35.4 Å². The number of amides is 7. The highest BCUT2D eigenvalue weighted by Gasteiger charge is 2.37. The van der Waals surface area contributed by atoms with Crippen molar-refractivity contribution in [2.75, 3.05) is 13.7 Å². The van der Waals surface area contributed by atoms with Crippen LogP contribution in [0.3, 0.4) is 0 Å². The Bertz CT molecular complexity index is 2390. The second kappa shape index (κ2) is 30.2. The lowest BCUT2D eigenvalue weighted by molar-refractivity contribution is -0.146. The molecule has 13 N–H and O–H groups in total. The Balaban J connectivity index is 2.10. The highest BCUT2D eigenvalue weighted by molar-refractivity contribution is 6.00. The summed E-state index contributed by atoms with van der Waals surface area (Å²) in [5.41, 5.74) is 13.1. The number of hydrogen-bond acceptors (Lipinski definition) is 11. The summed E-state index contributed by atoms with van der Waals surface area (Å²) >= 11 is 0. The fourth-order valence-corrected chi connectivity index (χ4v) is 7.81. The molecule has 0 saturated carbocycles. The van der Waals surface area contributed by atoms with E-state index in [9.17, 15) is 53.4 Å². The molecule has 74 heavy (non-hydrogen) atoms. The molecule has 22 nitrogen and oxygen atoms in total. The normalized spacial score (nSPS) is 24.5. The first kappa shape index (κ1) is 60.4. The van der Waals surface area contributed by atoms with Crippen LogP contribution < -0.4 is 48.7 Å². The van der Waals surface area contributed by atoms with Gasteiger partial charge in [0.05, 0.1) is 29.7 Å². The highest BCUT2D eigenvalue weighted by atomic mass is 16.5. The molecule has 1 saturated heterocycles. The lowest BCUT2D eigenvalue weighted by Gasteiger charge is -2.28. The highest BCUT2D eigenvalue weighted by Crippen LogP contribution is 2.19. The molecule has 0 aliphatic carbocycles. The third-order valence-electron chi connectivity index (χ3n) is 12.4. The number of ether oxygens (including phenoxy) is 1. The van der Waals surface area contributed by atoms with E-state index >= 15 is 0 Å². The van der Waals surface area contributed by atoms with Crippen molar-refractivity contribution in [3.05, 3.63) is 108 Å². The summed E-state index contributed by atoms with van der Waals surface area (Å²) in [4.78, 5) is 125. The summed E-state index contributed by atoms with van der Waals surface area (Å²) in [6.45, 7) is 11.3. The Morgan fingerprint density at radius 3 is 1.95 bits per heavy atom. The van der Waals surface area contributed by atoms with E-state index < -0.39 is 120 Å². The third-order valence-corrected chi connectivity index (χ3v) is 12.4. The summed E-state index contributed by atoms with van der Waals surface area (Å²) in [6, 6.07) is 9.71. The molecular formula is C52H72N10O12. The topological polar surface area (TPSA) is 352 Å². The Morgan fingerprint density at radius 1 is 0.770 bits per heavy atom. The Labute approximate surface area is 431 Å². The Hall–Kier alpha value is -7.88. The van der Waals surface area contributed by atoms with Crippen molar-refractivity contribution in [1.29, 1.82) is 0 Å². The number of carbonyl (C=O) groups is 9. The summed E-state index contributed by atoms with van der Waals surface area (Å²) in [6.07, 6.45) is 4.71. The molecule has 1 heterocycles. The molecule has 1 aliphatic rings. The minimum Gasteiger partial charge on any atom is -0.480 e. The number of benzene rings is 2. The number of guanidine groups is 1. The van der Waals surface area contributed by atoms with E-state index in [0.29, 0.717) is 12.0 Å². The first-order chi connectivity index (χ1) is 35.0. The molecular weight excluding hydrogens is 957 g/mol. The van der Waals surface area contributed by atoms with Crippen LogP contribution in [-0.2, 0) is 60.7 Å². The van der Waals surface area contributed by atoms with E-state index in [1.54, 1.807) is 50.4 Å². The second-order valence-electron chi connectivity index (χ2n) is 18.3. The molecule has 3 rings (SSSR count). The molecule has 0 spiro atoms. The van der Waals surface area contributed by atoms with Crippen molar-refractivity contribution in [3.8, 4) is 0 Å². The van der Waals surface area contributed by atoms with Gasteiger partial charge in [-0.3, -0.25) is 38.6 Å². The molecule has 2 aromatic rings. The van der Waals surface area contributed by atoms with Crippen LogP contribution in [0.1, 0.15) is 77.8 Å². The Morgan fingerprint density at radius 2 is 1.35 bits per heavy atom. The van der Waals surface area contributed by atoms with Gasteiger partial charge in [-0.25, -0.2) is 9.59 Å². The third kappa shape index (κ3) is 20.3. The molecule has 0 bridgehead atoms. The second-order valence-corrected chi connectivity index (χ2v) is 18.3. The van der Waals surface area contributed by atoms with Gasteiger partial charge in [0.25, 0.3) is 5.91 Å². The van der Waals surface area contributed by atoms with Gasteiger partial charge in [-0.05, 0) is 63.5 Å². The van der Waals surface area contributed by atoms with Crippen LogP contribution in [0.4, 0.5) is 0 Å². The number of carboxylic acid groups (broad SMARTS) is 2. The minimum absolute atomic E-state index is 0.0174. The fourth-order valence-electron chi connectivity index (χ4n) is 7.81. The van der Waals surface area contributed by atoms with Crippen molar-refractivity contribution in [1.82, 2.24) is 37.2 Å². The number of nitrogens with zero attached hydrogens (tertiary/aromatic N) is 1. The molecule has 7 amide bonds. The van der Waals surface area contributed by atoms with E-state index in [1.807, 2.05) is 43.3 Å². The average molecular weight is 1030 g/mol. The zero-order chi connectivity index (χ0) is 55.1. The number of carbonyl (C=O) groups excluding carboxylic acids is 7. The maximum atomic E-state index is 14.4. The standard InChI is InChI=1S/C52H72N10O12/c1-29(27-30(2)41(74-7)28-36-17-12-9-13-18-36)20-22-37-31(3)44(64)61-40(50(70)71)24-25-42(63)56-33(5)46(66)57-34(6)47(67)60-39(23-21-35-15-10-8-11-16-35)49(69)62-43(51(72)73)32(4)45(65)59-38(48(68)58-37)19-14-26-55-52(53)54/h8-13,15-18,20,22,27,30-32,34,37-41,43H,5,14,19,21,23-26,28H2,1-4,6-7H3,(H,56,63)(H,57,66)(H,58,68)(H,59,65)(H,60,67)(H,61,64)(H,62,69)(H,70,71)(H,72,73)(H4,53,54,55)/b22-20+,29-27+/t30-,31-,32-,34+,37-,38-,39-,40+,41-,43+/m0/s1. The molecule has 0 unspecified atom stereocenters. The van der Waals surface area contributed by atoms with E-state index in [2.05, 4.69) is 48.8 Å². The van der Waals surface area contributed by atoms with Gasteiger partial charge in [-0.2, -0.15) is 0 Å². The summed E-state index contributed by atoms with van der Waals surface area (Å²) < 4.78 is 5.82. The summed E-state index contributed by atoms with van der Waals surface area (Å²) in [5.74, 6) is -12.6. The van der Waals surface area contributed by atoms with Crippen LogP contribution >= 0.6 is 0 Å². The number of nitrogens with one attached hydrogen (secondary N) is 7. The lowest BCUT2D eigenvalue weighted by Crippen LogP contribution is -2.59. The van der Waals surface area contributed by atoms with Crippen LogP contribution in [0.15, 0.2) is 102 Å². The van der Waals surface area contributed by atoms with Crippen molar-refractivity contribution < 1.29 is 58.1 Å². The van der Waals surface area contributed by atoms with Crippen LogP contribution in [0.2, 0.25) is 0 Å². The smallest absolute Gasteiger partial charge is 0.327 e. The first-order valence-electron chi connectivity index (χ1n) is 24.3. The van der Waals surface area contributed by atoms with Gasteiger partial charge < -0.3 is 63.6 Å². The summed E-state index contributed by atoms with van der Waals surface area (Å²) in [5, 5.41) is 37.8. The predicted molar refractivity (Wildman–Crippen MR) is 275 cm³/mol. The molecule has 2 aromatic carbocycles. The number of methoxy groups -OCH3 is 1. The zero-order valence-corrected chi connectivity index (χ0v) is 42.7. The largest absolute Gasteiger partial charge is 0.480 e. The number of carboxylic acids is 2. The van der Waals surface area contributed by atoms with Crippen LogP contribution in [-0.4, -0.2) is 125 Å². The molecule has 1 aliphatic heterocycles. The molecule has 1 fully saturated rings. The molecule has 10 atom stereocenters. The van der Waals surface area contributed by atoms with Gasteiger partial charge in [-0.15, -0.1) is 0 Å². The first-order valence-corrected chi connectivity index (χ1v) is 24.3. The van der Waals surface area contributed by atoms with Crippen molar-refractivity contribution in [2.45, 2.75) is 122 Å². The maximum Gasteiger partial charge on any atom is 0.327 e. The van der Waals surface area contributed by atoms with Crippen LogP contribution in [0.25, 0.3) is 0 Å². The van der Waals surface area contributed by atoms with Gasteiger partial charge >= 0.3 is 11.9 Å². The molecule has 0 radical (unpaired) electrons. The van der Waals surface area contributed by atoms with Crippen molar-refractivity contribution >= 4 is 59.2 Å². The molecule has 22 heteroatoms. The van der Waals surface area contributed by atoms with Gasteiger partial charge in [0.1, 0.15) is 30.2 Å². The van der Waals surface area contributed by atoms with E-state index in [-0.39, 0.29) is 50.2 Å². The predicted octanol–water partition coefficient (Wildman–Crippen LogP) is 0.863. The number of rotatable bonds is 16. The number of nitrogens with two attached hydrogens (primary N) is 2. The number of aliphatic carboxylic acids is 2. The monoisotopic (exact) mass is 1030 g/mol. The summed E-state index contributed by atoms with van der Waals surface area (Å²) in [7, 11) is 1.61. The number of hydrogen-bond donors (Lipinski definition) is 11. The van der Waals surface area contributed by atoms with Crippen LogP contribution in [0, 0.1) is 17.8 Å². The lowest BCUT2D eigenvalue weighted by atomic mass is 9.94. The number of allylic oxidation sites excluding steroid dienone is 2. The van der Waals surface area contributed by atoms with Crippen LogP contribution in [0.5, 0.6) is 0 Å². The van der Waals surface area contributed by atoms with Gasteiger partial charge in [-0.1, -0.05) is 112 Å². The molecule has 0 aromatic heterocycles. The van der Waals surface area contributed by atoms with Gasteiger partial charge in [0, 0.05) is 26.0 Å². The molecule has 402 valence electrons. The van der Waals surface area contributed by atoms with E-state index in [4.69, 9.17) is 16.2 Å².